The highest BCUT2D eigenvalue weighted by molar-refractivity contribution is 5.88. The molecule has 110 valence electrons. The summed E-state index contributed by atoms with van der Waals surface area (Å²) in [5.41, 5.74) is 6.18. The molecule has 3 heterocycles. The van der Waals surface area contributed by atoms with Crippen molar-refractivity contribution in [1.82, 2.24) is 20.0 Å². The van der Waals surface area contributed by atoms with Gasteiger partial charge in [-0.05, 0) is 31.5 Å². The minimum atomic E-state index is -0.676. The van der Waals surface area contributed by atoms with Crippen LogP contribution in [0.5, 0.6) is 0 Å². The third-order valence-electron chi connectivity index (χ3n) is 3.67. The summed E-state index contributed by atoms with van der Waals surface area (Å²) < 4.78 is 5.09. The number of likely N-dealkylation sites (tertiary alicyclic amines) is 1. The van der Waals surface area contributed by atoms with Crippen LogP contribution in [-0.2, 0) is 6.54 Å². The van der Waals surface area contributed by atoms with Gasteiger partial charge in [-0.2, -0.15) is 4.98 Å². The quantitative estimate of drug-likeness (QED) is 0.909. The maximum absolute atomic E-state index is 11.0. The molecule has 2 N–H and O–H groups in total. The fraction of sp³-hybridized carbons (Fsp3) is 0.429. The van der Waals surface area contributed by atoms with Gasteiger partial charge >= 0.3 is 0 Å². The maximum atomic E-state index is 11.0. The Hall–Kier alpha value is -2.28. The monoisotopic (exact) mass is 287 g/mol. The van der Waals surface area contributed by atoms with Crippen molar-refractivity contribution in [2.24, 2.45) is 5.73 Å². The third-order valence-corrected chi connectivity index (χ3v) is 3.67. The molecular formula is C14H17N5O2. The van der Waals surface area contributed by atoms with Gasteiger partial charge in [0.1, 0.15) is 0 Å². The molecule has 1 saturated heterocycles. The van der Waals surface area contributed by atoms with E-state index in [1.165, 1.54) is 6.42 Å². The topological polar surface area (TPSA) is 98.1 Å². The fourth-order valence-corrected chi connectivity index (χ4v) is 2.68. The van der Waals surface area contributed by atoms with Crippen LogP contribution < -0.4 is 5.73 Å². The van der Waals surface area contributed by atoms with Gasteiger partial charge in [-0.3, -0.25) is 14.7 Å². The van der Waals surface area contributed by atoms with Gasteiger partial charge in [0.15, 0.2) is 0 Å². The number of hydrogen-bond acceptors (Lipinski definition) is 6. The molecule has 0 aromatic carbocycles. The lowest BCUT2D eigenvalue weighted by atomic mass is 9.99. The van der Waals surface area contributed by atoms with Crippen LogP contribution in [0.25, 0.3) is 0 Å². The highest BCUT2D eigenvalue weighted by Gasteiger charge is 2.26. The lowest BCUT2D eigenvalue weighted by Gasteiger charge is -2.34. The Morgan fingerprint density at radius 3 is 3.05 bits per heavy atom. The van der Waals surface area contributed by atoms with Gasteiger partial charge in [0.2, 0.25) is 5.89 Å². The summed E-state index contributed by atoms with van der Waals surface area (Å²) in [7, 11) is 0. The van der Waals surface area contributed by atoms with Crippen LogP contribution in [0.15, 0.2) is 28.9 Å². The molecule has 7 heteroatoms. The first-order chi connectivity index (χ1) is 10.2. The molecule has 1 amide bonds. The van der Waals surface area contributed by atoms with Gasteiger partial charge in [-0.25, -0.2) is 0 Å². The lowest BCUT2D eigenvalue weighted by molar-refractivity contribution is 0.0987. The van der Waals surface area contributed by atoms with Gasteiger partial charge in [-0.1, -0.05) is 17.6 Å². The van der Waals surface area contributed by atoms with Crippen LogP contribution in [0.2, 0.25) is 0 Å². The van der Waals surface area contributed by atoms with Crippen molar-refractivity contribution in [1.29, 1.82) is 0 Å². The minimum Gasteiger partial charge on any atom is -0.363 e. The molecule has 0 saturated carbocycles. The van der Waals surface area contributed by atoms with Crippen LogP contribution in [-0.4, -0.2) is 32.5 Å². The molecule has 2 aromatic heterocycles. The van der Waals surface area contributed by atoms with Crippen molar-refractivity contribution < 1.29 is 9.32 Å². The Balaban J connectivity index is 1.76. The SMILES string of the molecule is NC(=O)c1noc(CN2CCCC[C@@H]2c2ccccn2)n1. The molecule has 2 aromatic rings. The lowest BCUT2D eigenvalue weighted by Crippen LogP contribution is -2.33. The van der Waals surface area contributed by atoms with Crippen LogP contribution in [0.1, 0.15) is 47.5 Å². The second kappa shape index (κ2) is 6.01. The molecule has 0 aliphatic carbocycles. The van der Waals surface area contributed by atoms with Crippen LogP contribution in [0, 0.1) is 0 Å². The smallest absolute Gasteiger partial charge is 0.290 e. The number of pyridine rings is 1. The molecular weight excluding hydrogens is 270 g/mol. The highest BCUT2D eigenvalue weighted by Crippen LogP contribution is 2.30. The summed E-state index contributed by atoms with van der Waals surface area (Å²) in [5, 5.41) is 3.58. The van der Waals surface area contributed by atoms with Crippen molar-refractivity contribution in [3.05, 3.63) is 41.8 Å². The van der Waals surface area contributed by atoms with E-state index in [1.807, 2.05) is 18.2 Å². The van der Waals surface area contributed by atoms with E-state index in [9.17, 15) is 4.79 Å². The first kappa shape index (κ1) is 13.7. The van der Waals surface area contributed by atoms with E-state index in [0.29, 0.717) is 12.4 Å². The number of hydrogen-bond donors (Lipinski definition) is 1. The number of amides is 1. The number of nitrogens with two attached hydrogens (primary N) is 1. The molecule has 1 aliphatic rings. The molecule has 0 unspecified atom stereocenters. The largest absolute Gasteiger partial charge is 0.363 e. The molecule has 0 radical (unpaired) electrons. The Bertz CT molecular complexity index is 613. The van der Waals surface area contributed by atoms with Crippen LogP contribution >= 0.6 is 0 Å². The number of aromatic nitrogens is 3. The molecule has 1 atom stereocenters. The Morgan fingerprint density at radius 2 is 2.33 bits per heavy atom. The molecule has 21 heavy (non-hydrogen) atoms. The van der Waals surface area contributed by atoms with Gasteiger partial charge in [0.05, 0.1) is 18.3 Å². The zero-order chi connectivity index (χ0) is 14.7. The van der Waals surface area contributed by atoms with E-state index in [-0.39, 0.29) is 11.9 Å². The predicted molar refractivity (Wildman–Crippen MR) is 74.1 cm³/mol. The van der Waals surface area contributed by atoms with Crippen molar-refractivity contribution >= 4 is 5.91 Å². The normalized spacial score (nSPS) is 19.5. The molecule has 0 bridgehead atoms. The van der Waals surface area contributed by atoms with E-state index >= 15 is 0 Å². The number of primary amides is 1. The Kier molecular flexibility index (Phi) is 3.92. The molecule has 3 rings (SSSR count). The van der Waals surface area contributed by atoms with Gasteiger partial charge < -0.3 is 10.3 Å². The molecule has 1 aliphatic heterocycles. The zero-order valence-electron chi connectivity index (χ0n) is 11.6. The first-order valence-electron chi connectivity index (χ1n) is 7.01. The number of carbonyl (C=O) groups is 1. The first-order valence-corrected chi connectivity index (χ1v) is 7.01. The van der Waals surface area contributed by atoms with Crippen molar-refractivity contribution in [2.45, 2.75) is 31.8 Å². The Morgan fingerprint density at radius 1 is 1.43 bits per heavy atom. The summed E-state index contributed by atoms with van der Waals surface area (Å²) in [6, 6.07) is 6.18. The average Bonchev–Trinajstić information content (AvgIpc) is 2.98. The number of piperidine rings is 1. The summed E-state index contributed by atoms with van der Waals surface area (Å²) >= 11 is 0. The second-order valence-electron chi connectivity index (χ2n) is 5.11. The van der Waals surface area contributed by atoms with Gasteiger partial charge in [0, 0.05) is 6.20 Å². The van der Waals surface area contributed by atoms with E-state index in [4.69, 9.17) is 10.3 Å². The summed E-state index contributed by atoms with van der Waals surface area (Å²) in [5.74, 6) is -0.340. The molecule has 0 spiro atoms. The van der Waals surface area contributed by atoms with Crippen molar-refractivity contribution in [2.75, 3.05) is 6.54 Å². The second-order valence-corrected chi connectivity index (χ2v) is 5.11. The fourth-order valence-electron chi connectivity index (χ4n) is 2.68. The van der Waals surface area contributed by atoms with E-state index in [0.717, 1.165) is 25.1 Å². The predicted octanol–water partition coefficient (Wildman–Crippen LogP) is 1.29. The maximum Gasteiger partial charge on any atom is 0.290 e. The average molecular weight is 287 g/mol. The summed E-state index contributed by atoms with van der Waals surface area (Å²) in [4.78, 5) is 21.7. The van der Waals surface area contributed by atoms with E-state index in [2.05, 4.69) is 20.0 Å². The third kappa shape index (κ3) is 3.08. The van der Waals surface area contributed by atoms with Crippen molar-refractivity contribution in [3.63, 3.8) is 0 Å². The summed E-state index contributed by atoms with van der Waals surface area (Å²) in [6.45, 7) is 1.44. The number of carbonyl (C=O) groups excluding carboxylic acids is 1. The zero-order valence-corrected chi connectivity index (χ0v) is 11.6. The van der Waals surface area contributed by atoms with Crippen LogP contribution in [0.4, 0.5) is 0 Å². The molecule has 1 fully saturated rings. The standard InChI is InChI=1S/C14H17N5O2/c15-13(20)14-17-12(21-18-14)9-19-8-4-2-6-11(19)10-5-1-3-7-16-10/h1,3,5,7,11H,2,4,6,8-9H2,(H2,15,20)/t11-/m1/s1. The van der Waals surface area contributed by atoms with Crippen LogP contribution in [0.3, 0.4) is 0 Å². The summed E-state index contributed by atoms with van der Waals surface area (Å²) in [6.07, 6.45) is 5.15. The Labute approximate surface area is 122 Å². The number of rotatable bonds is 4. The van der Waals surface area contributed by atoms with Gasteiger partial charge in [-0.15, -0.1) is 0 Å². The minimum absolute atomic E-state index is 0.0728. The van der Waals surface area contributed by atoms with Crippen molar-refractivity contribution in [3.8, 4) is 0 Å². The van der Waals surface area contributed by atoms with E-state index in [1.54, 1.807) is 6.20 Å². The number of nitrogens with zero attached hydrogens (tertiary/aromatic N) is 4. The van der Waals surface area contributed by atoms with Gasteiger partial charge in [0.25, 0.3) is 11.7 Å². The molecule has 7 nitrogen and oxygen atoms in total. The highest BCUT2D eigenvalue weighted by atomic mass is 16.5. The van der Waals surface area contributed by atoms with E-state index < -0.39 is 5.91 Å².